The van der Waals surface area contributed by atoms with Gasteiger partial charge in [-0.1, -0.05) is 12.1 Å². The fraction of sp³-hybridized carbons (Fsp3) is 0.0800. The summed E-state index contributed by atoms with van der Waals surface area (Å²) in [5, 5.41) is 9.98. The van der Waals surface area contributed by atoms with E-state index in [1.54, 1.807) is 6.20 Å². The Hall–Kier alpha value is -3.77. The number of hydrogen-bond acceptors (Lipinski definition) is 4. The Kier molecular flexibility index (Phi) is 4.01. The highest BCUT2D eigenvalue weighted by molar-refractivity contribution is 7.15. The predicted octanol–water partition coefficient (Wildman–Crippen LogP) is 6.51. The lowest BCUT2D eigenvalue weighted by atomic mass is 10.1. The van der Waals surface area contributed by atoms with Gasteiger partial charge in [0.1, 0.15) is 5.69 Å². The molecule has 0 amide bonds. The lowest BCUT2D eigenvalue weighted by Crippen LogP contribution is -1.88. The van der Waals surface area contributed by atoms with Crippen LogP contribution in [0.5, 0.6) is 0 Å². The molecule has 5 heterocycles. The van der Waals surface area contributed by atoms with Crippen molar-refractivity contribution in [2.45, 2.75) is 13.8 Å². The zero-order valence-corrected chi connectivity index (χ0v) is 17.9. The standard InChI is InChI=1S/C25H19N5S/c1-14-8-9-26-12-19(14)21-11-18-23(13-27-21)29-30-25(18)22-10-17-16(4-3-5-20(17)28-22)24-7-6-15(2)31-24/h3-13,28H,1-2H3,(H,29,30). The van der Waals surface area contributed by atoms with Gasteiger partial charge in [0.2, 0.25) is 0 Å². The van der Waals surface area contributed by atoms with Crippen molar-refractivity contribution in [2.75, 3.05) is 0 Å². The molecule has 1 aromatic carbocycles. The monoisotopic (exact) mass is 421 g/mol. The van der Waals surface area contributed by atoms with Crippen LogP contribution >= 0.6 is 11.3 Å². The molecule has 6 rings (SSSR count). The maximum atomic E-state index is 4.62. The normalized spacial score (nSPS) is 11.5. The quantitative estimate of drug-likeness (QED) is 0.342. The van der Waals surface area contributed by atoms with E-state index in [1.807, 2.05) is 29.8 Å². The van der Waals surface area contributed by atoms with Gasteiger partial charge in [0.25, 0.3) is 0 Å². The van der Waals surface area contributed by atoms with Crippen molar-refractivity contribution >= 4 is 33.1 Å². The third-order valence-electron chi connectivity index (χ3n) is 5.69. The number of benzene rings is 1. The van der Waals surface area contributed by atoms with Crippen LogP contribution < -0.4 is 0 Å². The Bertz CT molecular complexity index is 1570. The number of nitrogens with zero attached hydrogens (tertiary/aromatic N) is 3. The van der Waals surface area contributed by atoms with E-state index in [0.29, 0.717) is 0 Å². The van der Waals surface area contributed by atoms with Crippen LogP contribution in [0.2, 0.25) is 0 Å². The van der Waals surface area contributed by atoms with Crippen LogP contribution in [0.3, 0.4) is 0 Å². The number of pyridine rings is 2. The molecule has 6 aromatic rings. The molecular formula is C25H19N5S. The molecule has 0 aliphatic heterocycles. The maximum Gasteiger partial charge on any atom is 0.116 e. The molecule has 0 unspecified atom stereocenters. The second-order valence-electron chi connectivity index (χ2n) is 7.74. The molecule has 150 valence electrons. The second kappa shape index (κ2) is 6.89. The van der Waals surface area contributed by atoms with Crippen LogP contribution in [-0.2, 0) is 0 Å². The van der Waals surface area contributed by atoms with Crippen molar-refractivity contribution in [3.05, 3.63) is 77.6 Å². The molecule has 0 bridgehead atoms. The summed E-state index contributed by atoms with van der Waals surface area (Å²) in [5.41, 5.74) is 8.21. The molecule has 2 N–H and O–H groups in total. The lowest BCUT2D eigenvalue weighted by molar-refractivity contribution is 1.11. The summed E-state index contributed by atoms with van der Waals surface area (Å²) in [4.78, 5) is 15.1. The van der Waals surface area contributed by atoms with Crippen LogP contribution in [-0.4, -0.2) is 25.1 Å². The SMILES string of the molecule is Cc1ccc(-c2cccc3[nH]c(-c4n[nH]c5cnc(-c6cnccc6C)cc45)cc23)s1. The van der Waals surface area contributed by atoms with E-state index in [0.717, 1.165) is 44.6 Å². The Morgan fingerprint density at radius 1 is 0.871 bits per heavy atom. The number of aromatic nitrogens is 5. The largest absolute Gasteiger partial charge is 0.353 e. The average molecular weight is 422 g/mol. The third-order valence-corrected chi connectivity index (χ3v) is 6.72. The van der Waals surface area contributed by atoms with Crippen LogP contribution in [0.1, 0.15) is 10.4 Å². The molecule has 5 aromatic heterocycles. The zero-order valence-electron chi connectivity index (χ0n) is 17.1. The van der Waals surface area contributed by atoms with Gasteiger partial charge in [-0.2, -0.15) is 5.10 Å². The highest BCUT2D eigenvalue weighted by Gasteiger charge is 2.15. The molecule has 31 heavy (non-hydrogen) atoms. The van der Waals surface area contributed by atoms with E-state index in [2.05, 4.69) is 81.5 Å². The fourth-order valence-electron chi connectivity index (χ4n) is 4.08. The second-order valence-corrected chi connectivity index (χ2v) is 9.03. The summed E-state index contributed by atoms with van der Waals surface area (Å²) < 4.78 is 0. The first-order valence-corrected chi connectivity index (χ1v) is 10.9. The molecule has 0 radical (unpaired) electrons. The zero-order chi connectivity index (χ0) is 20.9. The first-order chi connectivity index (χ1) is 15.2. The van der Waals surface area contributed by atoms with Gasteiger partial charge in [0, 0.05) is 49.6 Å². The molecule has 0 atom stereocenters. The van der Waals surface area contributed by atoms with Gasteiger partial charge >= 0.3 is 0 Å². The first kappa shape index (κ1) is 18.0. The van der Waals surface area contributed by atoms with Crippen LogP contribution in [0, 0.1) is 13.8 Å². The molecule has 6 heteroatoms. The van der Waals surface area contributed by atoms with Gasteiger partial charge in [0.05, 0.1) is 23.1 Å². The minimum atomic E-state index is 0.893. The summed E-state index contributed by atoms with van der Waals surface area (Å²) in [7, 11) is 0. The Balaban J connectivity index is 1.52. The first-order valence-electron chi connectivity index (χ1n) is 10.1. The summed E-state index contributed by atoms with van der Waals surface area (Å²) >= 11 is 1.82. The van der Waals surface area contributed by atoms with Crippen molar-refractivity contribution in [1.82, 2.24) is 25.1 Å². The minimum Gasteiger partial charge on any atom is -0.353 e. The van der Waals surface area contributed by atoms with Gasteiger partial charge in [-0.25, -0.2) is 0 Å². The van der Waals surface area contributed by atoms with Gasteiger partial charge in [-0.05, 0) is 55.8 Å². The van der Waals surface area contributed by atoms with E-state index in [-0.39, 0.29) is 0 Å². The molecule has 0 saturated carbocycles. The summed E-state index contributed by atoms with van der Waals surface area (Å²) in [6.07, 6.45) is 5.51. The number of aryl methyl sites for hydroxylation is 2. The average Bonchev–Trinajstić information content (AvgIpc) is 3.50. The van der Waals surface area contributed by atoms with Crippen molar-refractivity contribution in [3.63, 3.8) is 0 Å². The number of aromatic amines is 2. The molecule has 0 aliphatic carbocycles. The van der Waals surface area contributed by atoms with E-state index in [1.165, 1.54) is 20.7 Å². The van der Waals surface area contributed by atoms with Gasteiger partial charge in [-0.15, -0.1) is 11.3 Å². The summed E-state index contributed by atoms with van der Waals surface area (Å²) in [6.45, 7) is 4.22. The van der Waals surface area contributed by atoms with E-state index >= 15 is 0 Å². The fourth-order valence-corrected chi connectivity index (χ4v) is 4.99. The summed E-state index contributed by atoms with van der Waals surface area (Å²) in [5.74, 6) is 0. The van der Waals surface area contributed by atoms with Gasteiger partial charge in [-0.3, -0.25) is 15.1 Å². The van der Waals surface area contributed by atoms with Gasteiger partial charge in [0.15, 0.2) is 0 Å². The molecule has 0 spiro atoms. The van der Waals surface area contributed by atoms with E-state index in [4.69, 9.17) is 0 Å². The van der Waals surface area contributed by atoms with Crippen LogP contribution in [0.15, 0.2) is 67.1 Å². The molecule has 0 saturated heterocycles. The minimum absolute atomic E-state index is 0.893. The highest BCUT2D eigenvalue weighted by atomic mass is 32.1. The van der Waals surface area contributed by atoms with E-state index < -0.39 is 0 Å². The molecule has 0 fully saturated rings. The smallest absolute Gasteiger partial charge is 0.116 e. The summed E-state index contributed by atoms with van der Waals surface area (Å²) in [6, 6.07) is 17.1. The topological polar surface area (TPSA) is 70.2 Å². The number of nitrogens with one attached hydrogen (secondary N) is 2. The number of fused-ring (bicyclic) bond motifs is 2. The number of thiophene rings is 1. The number of H-pyrrole nitrogens is 2. The maximum absolute atomic E-state index is 4.62. The highest BCUT2D eigenvalue weighted by Crippen LogP contribution is 2.37. The Labute approximate surface area is 182 Å². The van der Waals surface area contributed by atoms with E-state index in [9.17, 15) is 0 Å². The van der Waals surface area contributed by atoms with Crippen molar-refractivity contribution in [1.29, 1.82) is 0 Å². The lowest BCUT2D eigenvalue weighted by Gasteiger charge is -2.04. The van der Waals surface area contributed by atoms with Crippen molar-refractivity contribution in [3.8, 4) is 33.1 Å². The molecule has 0 aliphatic rings. The van der Waals surface area contributed by atoms with Crippen LogP contribution in [0.4, 0.5) is 0 Å². The molecule has 5 nitrogen and oxygen atoms in total. The number of rotatable bonds is 3. The Morgan fingerprint density at radius 3 is 2.65 bits per heavy atom. The van der Waals surface area contributed by atoms with Gasteiger partial charge < -0.3 is 4.98 Å². The van der Waals surface area contributed by atoms with Crippen molar-refractivity contribution in [2.24, 2.45) is 0 Å². The van der Waals surface area contributed by atoms with Crippen LogP contribution in [0.25, 0.3) is 54.9 Å². The van der Waals surface area contributed by atoms with Crippen molar-refractivity contribution < 1.29 is 0 Å². The number of hydrogen-bond donors (Lipinski definition) is 2. The third kappa shape index (κ3) is 2.95. The molecular weight excluding hydrogens is 402 g/mol. The predicted molar refractivity (Wildman–Crippen MR) is 127 cm³/mol. The Morgan fingerprint density at radius 2 is 1.81 bits per heavy atom.